The molecule has 0 saturated carbocycles. The minimum atomic E-state index is -0.289. The zero-order valence-corrected chi connectivity index (χ0v) is 15.9. The van der Waals surface area contributed by atoms with Gasteiger partial charge in [0.15, 0.2) is 10.8 Å². The van der Waals surface area contributed by atoms with Gasteiger partial charge >= 0.3 is 0 Å². The van der Waals surface area contributed by atoms with Crippen LogP contribution in [0.3, 0.4) is 0 Å². The Morgan fingerprint density at radius 3 is 2.89 bits per heavy atom. The van der Waals surface area contributed by atoms with Gasteiger partial charge in [0.05, 0.1) is 19.0 Å². The monoisotopic (exact) mass is 398 g/mol. The maximum atomic E-state index is 12.7. The van der Waals surface area contributed by atoms with E-state index in [1.165, 1.54) is 11.3 Å². The van der Waals surface area contributed by atoms with Gasteiger partial charge in [-0.2, -0.15) is 5.10 Å². The fraction of sp³-hybridized carbons (Fsp3) is 0.105. The second-order valence-electron chi connectivity index (χ2n) is 5.82. The second kappa shape index (κ2) is 7.38. The molecule has 3 aromatic heterocycles. The summed E-state index contributed by atoms with van der Waals surface area (Å²) >= 11 is 7.64. The molecule has 0 aliphatic rings. The number of amides is 1. The summed E-state index contributed by atoms with van der Waals surface area (Å²) in [5, 5.41) is 8.49. The van der Waals surface area contributed by atoms with Gasteiger partial charge in [-0.25, -0.2) is 9.67 Å². The van der Waals surface area contributed by atoms with Gasteiger partial charge in [-0.1, -0.05) is 29.8 Å². The summed E-state index contributed by atoms with van der Waals surface area (Å²) in [7, 11) is 0. The van der Waals surface area contributed by atoms with Crippen LogP contribution in [-0.2, 0) is 6.54 Å². The number of benzene rings is 1. The van der Waals surface area contributed by atoms with E-state index in [1.54, 1.807) is 29.3 Å². The number of hydrogen-bond acceptors (Lipinski definition) is 5. The Bertz CT molecular complexity index is 1090. The van der Waals surface area contributed by atoms with Gasteiger partial charge in [-0.05, 0) is 30.7 Å². The molecule has 27 heavy (non-hydrogen) atoms. The Hall–Kier alpha value is -2.90. The van der Waals surface area contributed by atoms with Crippen molar-refractivity contribution < 1.29 is 9.21 Å². The average Bonchev–Trinajstić information content (AvgIpc) is 3.38. The van der Waals surface area contributed by atoms with Crippen LogP contribution in [0.1, 0.15) is 20.9 Å². The number of nitrogens with one attached hydrogen (secondary N) is 1. The summed E-state index contributed by atoms with van der Waals surface area (Å²) in [4.78, 5) is 18.0. The fourth-order valence-corrected chi connectivity index (χ4v) is 3.72. The Labute approximate surface area is 164 Å². The number of aryl methyl sites for hydroxylation is 1. The zero-order chi connectivity index (χ0) is 18.8. The van der Waals surface area contributed by atoms with Gasteiger partial charge in [0.1, 0.15) is 11.5 Å². The lowest BCUT2D eigenvalue weighted by atomic mass is 10.2. The Morgan fingerprint density at radius 1 is 1.26 bits per heavy atom. The summed E-state index contributed by atoms with van der Waals surface area (Å²) in [5.41, 5.74) is 1.29. The minimum Gasteiger partial charge on any atom is -0.462 e. The SMILES string of the molecule is Cc1sc(-c2ccco2)nc1C(=O)Nc1ccnn1Cc1ccccc1Cl. The number of thiazole rings is 1. The van der Waals surface area contributed by atoms with Crippen molar-refractivity contribution in [2.75, 3.05) is 5.32 Å². The highest BCUT2D eigenvalue weighted by atomic mass is 35.5. The lowest BCUT2D eigenvalue weighted by Gasteiger charge is -2.09. The zero-order valence-electron chi connectivity index (χ0n) is 14.3. The van der Waals surface area contributed by atoms with E-state index >= 15 is 0 Å². The summed E-state index contributed by atoms with van der Waals surface area (Å²) < 4.78 is 7.05. The maximum Gasteiger partial charge on any atom is 0.276 e. The molecule has 0 fully saturated rings. The van der Waals surface area contributed by atoms with E-state index in [0.717, 1.165) is 10.4 Å². The summed E-state index contributed by atoms with van der Waals surface area (Å²) in [6, 6.07) is 12.9. The molecule has 136 valence electrons. The van der Waals surface area contributed by atoms with Crippen molar-refractivity contribution in [3.05, 3.63) is 76.1 Å². The van der Waals surface area contributed by atoms with Crippen LogP contribution in [-0.4, -0.2) is 20.7 Å². The molecule has 0 spiro atoms. The normalized spacial score (nSPS) is 10.9. The van der Waals surface area contributed by atoms with Crippen molar-refractivity contribution in [1.29, 1.82) is 0 Å². The van der Waals surface area contributed by atoms with Gasteiger partial charge in [0.25, 0.3) is 5.91 Å². The highest BCUT2D eigenvalue weighted by Crippen LogP contribution is 2.28. The topological polar surface area (TPSA) is 73.0 Å². The molecule has 1 amide bonds. The van der Waals surface area contributed by atoms with E-state index < -0.39 is 0 Å². The number of hydrogen-bond donors (Lipinski definition) is 1. The third-order valence-electron chi connectivity index (χ3n) is 3.98. The van der Waals surface area contributed by atoms with Crippen LogP contribution in [0.15, 0.2) is 59.3 Å². The molecule has 0 atom stereocenters. The molecule has 1 N–H and O–H groups in total. The van der Waals surface area contributed by atoms with Crippen molar-refractivity contribution in [3.8, 4) is 10.8 Å². The van der Waals surface area contributed by atoms with E-state index in [2.05, 4.69) is 15.4 Å². The van der Waals surface area contributed by atoms with E-state index in [4.69, 9.17) is 16.0 Å². The first kappa shape index (κ1) is 17.5. The second-order valence-corrected chi connectivity index (χ2v) is 7.43. The predicted molar refractivity (Wildman–Crippen MR) is 105 cm³/mol. The number of furan rings is 1. The smallest absolute Gasteiger partial charge is 0.276 e. The molecule has 0 bridgehead atoms. The molecule has 0 saturated heterocycles. The van der Waals surface area contributed by atoms with Crippen LogP contribution >= 0.6 is 22.9 Å². The molecule has 8 heteroatoms. The first-order chi connectivity index (χ1) is 13.1. The van der Waals surface area contributed by atoms with Crippen LogP contribution in [0, 0.1) is 6.92 Å². The molecule has 6 nitrogen and oxygen atoms in total. The van der Waals surface area contributed by atoms with Crippen molar-refractivity contribution in [1.82, 2.24) is 14.8 Å². The van der Waals surface area contributed by atoms with E-state index in [9.17, 15) is 4.79 Å². The van der Waals surface area contributed by atoms with Crippen LogP contribution in [0.25, 0.3) is 10.8 Å². The lowest BCUT2D eigenvalue weighted by Crippen LogP contribution is -2.17. The third kappa shape index (κ3) is 3.65. The molecule has 0 unspecified atom stereocenters. The highest BCUT2D eigenvalue weighted by molar-refractivity contribution is 7.15. The molecule has 4 rings (SSSR count). The largest absolute Gasteiger partial charge is 0.462 e. The van der Waals surface area contributed by atoms with Crippen LogP contribution in [0.2, 0.25) is 5.02 Å². The number of aromatic nitrogens is 3. The number of halogens is 1. The number of carbonyl (C=O) groups excluding carboxylic acids is 1. The molecular formula is C19H15ClN4O2S. The number of rotatable bonds is 5. The fourth-order valence-electron chi connectivity index (χ4n) is 2.64. The van der Waals surface area contributed by atoms with E-state index in [0.29, 0.717) is 33.8 Å². The maximum absolute atomic E-state index is 12.7. The molecular weight excluding hydrogens is 384 g/mol. The van der Waals surface area contributed by atoms with E-state index in [-0.39, 0.29) is 5.91 Å². The number of nitrogens with zero attached hydrogens (tertiary/aromatic N) is 3. The summed E-state index contributed by atoms with van der Waals surface area (Å²) in [6.45, 7) is 2.32. The average molecular weight is 399 g/mol. The highest BCUT2D eigenvalue weighted by Gasteiger charge is 2.19. The lowest BCUT2D eigenvalue weighted by molar-refractivity contribution is 0.102. The summed E-state index contributed by atoms with van der Waals surface area (Å²) in [6.07, 6.45) is 3.22. The van der Waals surface area contributed by atoms with Gasteiger partial charge in [-0.3, -0.25) is 4.79 Å². The van der Waals surface area contributed by atoms with Gasteiger partial charge in [0.2, 0.25) is 0 Å². The number of carbonyl (C=O) groups is 1. The summed E-state index contributed by atoms with van der Waals surface area (Å²) in [5.74, 6) is 0.931. The van der Waals surface area contributed by atoms with Gasteiger partial charge in [-0.15, -0.1) is 11.3 Å². The van der Waals surface area contributed by atoms with Crippen molar-refractivity contribution in [2.45, 2.75) is 13.5 Å². The van der Waals surface area contributed by atoms with Crippen molar-refractivity contribution in [3.63, 3.8) is 0 Å². The molecule has 0 aliphatic carbocycles. The van der Waals surface area contributed by atoms with Crippen LogP contribution < -0.4 is 5.32 Å². The Morgan fingerprint density at radius 2 is 2.11 bits per heavy atom. The van der Waals surface area contributed by atoms with Crippen molar-refractivity contribution >= 4 is 34.7 Å². The quantitative estimate of drug-likeness (QED) is 0.521. The van der Waals surface area contributed by atoms with Crippen LogP contribution in [0.4, 0.5) is 5.82 Å². The standard InChI is InChI=1S/C19H15ClN4O2S/c1-12-17(23-19(27-12)15-7-4-10-26-15)18(25)22-16-8-9-21-24(16)11-13-5-2-3-6-14(13)20/h2-10H,11H2,1H3,(H,22,25). The third-order valence-corrected chi connectivity index (χ3v) is 5.33. The molecule has 3 heterocycles. The Balaban J connectivity index is 1.55. The first-order valence-electron chi connectivity index (χ1n) is 8.19. The van der Waals surface area contributed by atoms with Gasteiger partial charge < -0.3 is 9.73 Å². The van der Waals surface area contributed by atoms with Crippen molar-refractivity contribution in [2.24, 2.45) is 0 Å². The van der Waals surface area contributed by atoms with E-state index in [1.807, 2.05) is 37.3 Å². The Kier molecular flexibility index (Phi) is 4.79. The minimum absolute atomic E-state index is 0.289. The number of anilines is 1. The first-order valence-corrected chi connectivity index (χ1v) is 9.39. The molecule has 0 radical (unpaired) electrons. The van der Waals surface area contributed by atoms with Gasteiger partial charge in [0, 0.05) is 16.0 Å². The molecule has 4 aromatic rings. The molecule has 1 aromatic carbocycles. The predicted octanol–water partition coefficient (Wildman–Crippen LogP) is 4.86. The van der Waals surface area contributed by atoms with Crippen LogP contribution in [0.5, 0.6) is 0 Å². The molecule has 0 aliphatic heterocycles.